The Morgan fingerprint density at radius 3 is 3.06 bits per heavy atom. The molecule has 17 heavy (non-hydrogen) atoms. The first-order valence-corrected chi connectivity index (χ1v) is 6.49. The van der Waals surface area contributed by atoms with Gasteiger partial charge < -0.3 is 10.2 Å². The fourth-order valence-corrected chi connectivity index (χ4v) is 2.59. The second kappa shape index (κ2) is 5.61. The highest BCUT2D eigenvalue weighted by Crippen LogP contribution is 2.16. The molecule has 0 aromatic carbocycles. The average molecular weight is 233 g/mol. The van der Waals surface area contributed by atoms with Crippen molar-refractivity contribution in [3.05, 3.63) is 29.6 Å². The Morgan fingerprint density at radius 1 is 1.53 bits per heavy atom. The molecule has 2 rings (SSSR count). The molecule has 1 aliphatic rings. The van der Waals surface area contributed by atoms with Gasteiger partial charge in [-0.05, 0) is 44.5 Å². The highest BCUT2D eigenvalue weighted by molar-refractivity contribution is 5.17. The number of rotatable bonds is 3. The van der Waals surface area contributed by atoms with E-state index < -0.39 is 0 Å². The minimum Gasteiger partial charge on any atom is -0.308 e. The summed E-state index contributed by atoms with van der Waals surface area (Å²) in [6.45, 7) is 7.74. The zero-order valence-corrected chi connectivity index (χ0v) is 11.1. The maximum atomic E-state index is 4.43. The third-order valence-electron chi connectivity index (χ3n) is 3.76. The van der Waals surface area contributed by atoms with Gasteiger partial charge in [0.05, 0.1) is 5.69 Å². The van der Waals surface area contributed by atoms with E-state index in [0.29, 0.717) is 6.04 Å². The maximum Gasteiger partial charge on any atom is 0.0570 e. The van der Waals surface area contributed by atoms with Crippen molar-refractivity contribution in [1.29, 1.82) is 0 Å². The van der Waals surface area contributed by atoms with E-state index in [-0.39, 0.29) is 0 Å². The van der Waals surface area contributed by atoms with Crippen LogP contribution in [0.1, 0.15) is 24.6 Å². The molecule has 1 aromatic rings. The van der Waals surface area contributed by atoms with Crippen LogP contribution in [0.25, 0.3) is 0 Å². The van der Waals surface area contributed by atoms with Crippen LogP contribution in [-0.2, 0) is 6.54 Å². The second-order valence-electron chi connectivity index (χ2n) is 5.28. The first-order chi connectivity index (χ1) is 8.16. The van der Waals surface area contributed by atoms with Gasteiger partial charge >= 0.3 is 0 Å². The highest BCUT2D eigenvalue weighted by Gasteiger charge is 2.23. The zero-order valence-electron chi connectivity index (χ0n) is 11.1. The van der Waals surface area contributed by atoms with Crippen LogP contribution in [0, 0.1) is 12.8 Å². The van der Waals surface area contributed by atoms with Gasteiger partial charge in [0.15, 0.2) is 0 Å². The molecular formula is C14H23N3. The molecule has 0 saturated carbocycles. The topological polar surface area (TPSA) is 28.2 Å². The molecule has 2 unspecified atom stereocenters. The van der Waals surface area contributed by atoms with E-state index in [9.17, 15) is 0 Å². The van der Waals surface area contributed by atoms with Gasteiger partial charge in [-0.25, -0.2) is 0 Å². The van der Waals surface area contributed by atoms with Gasteiger partial charge in [0.1, 0.15) is 0 Å². The van der Waals surface area contributed by atoms with E-state index in [1.165, 1.54) is 30.8 Å². The molecule has 1 N–H and O–H groups in total. The number of hydrogen-bond acceptors (Lipinski definition) is 3. The van der Waals surface area contributed by atoms with E-state index in [1.807, 2.05) is 12.3 Å². The molecule has 1 aliphatic heterocycles. The van der Waals surface area contributed by atoms with Crippen molar-refractivity contribution < 1.29 is 0 Å². The first kappa shape index (κ1) is 12.5. The number of pyridine rings is 1. The van der Waals surface area contributed by atoms with Crippen LogP contribution >= 0.6 is 0 Å². The molecule has 0 radical (unpaired) electrons. The standard InChI is InChI=1S/C14H23N3/c1-11-5-4-7-15-14(11)9-16-13-6-8-17(3)10-12(13)2/h4-5,7,12-13,16H,6,8-10H2,1-3H3. The molecule has 1 fully saturated rings. The Labute approximate surface area is 104 Å². The molecular weight excluding hydrogens is 210 g/mol. The molecule has 94 valence electrons. The maximum absolute atomic E-state index is 4.43. The Hall–Kier alpha value is -0.930. The molecule has 0 amide bonds. The smallest absolute Gasteiger partial charge is 0.0570 e. The summed E-state index contributed by atoms with van der Waals surface area (Å²) in [6.07, 6.45) is 3.12. The Balaban J connectivity index is 1.88. The van der Waals surface area contributed by atoms with Crippen LogP contribution in [0.5, 0.6) is 0 Å². The highest BCUT2D eigenvalue weighted by atomic mass is 15.1. The fourth-order valence-electron chi connectivity index (χ4n) is 2.59. The molecule has 0 spiro atoms. The molecule has 1 saturated heterocycles. The third kappa shape index (κ3) is 3.27. The molecule has 0 aliphatic carbocycles. The summed E-state index contributed by atoms with van der Waals surface area (Å²) in [5, 5.41) is 3.66. The normalized spacial score (nSPS) is 26.1. The number of aryl methyl sites for hydroxylation is 1. The second-order valence-corrected chi connectivity index (χ2v) is 5.28. The number of aromatic nitrogens is 1. The summed E-state index contributed by atoms with van der Waals surface area (Å²) in [7, 11) is 2.20. The number of likely N-dealkylation sites (tertiary alicyclic amines) is 1. The largest absolute Gasteiger partial charge is 0.308 e. The number of hydrogen-bond donors (Lipinski definition) is 1. The summed E-state index contributed by atoms with van der Waals surface area (Å²) in [4.78, 5) is 6.84. The van der Waals surface area contributed by atoms with Gasteiger partial charge in [0.2, 0.25) is 0 Å². The number of nitrogens with zero attached hydrogens (tertiary/aromatic N) is 2. The number of piperidine rings is 1. The lowest BCUT2D eigenvalue weighted by atomic mass is 9.94. The van der Waals surface area contributed by atoms with Gasteiger partial charge in [-0.1, -0.05) is 13.0 Å². The van der Waals surface area contributed by atoms with Gasteiger partial charge in [-0.15, -0.1) is 0 Å². The van der Waals surface area contributed by atoms with Crippen molar-refractivity contribution in [2.45, 2.75) is 32.9 Å². The SMILES string of the molecule is Cc1cccnc1CNC1CCN(C)CC1C. The Kier molecular flexibility index (Phi) is 4.13. The summed E-state index contributed by atoms with van der Waals surface area (Å²) in [5.74, 6) is 0.720. The third-order valence-corrected chi connectivity index (χ3v) is 3.76. The molecule has 2 heterocycles. The number of nitrogens with one attached hydrogen (secondary N) is 1. The summed E-state index contributed by atoms with van der Waals surface area (Å²) >= 11 is 0. The van der Waals surface area contributed by atoms with Gasteiger partial charge in [-0.2, -0.15) is 0 Å². The lowest BCUT2D eigenvalue weighted by Crippen LogP contribution is -2.46. The van der Waals surface area contributed by atoms with Crippen molar-refractivity contribution in [3.63, 3.8) is 0 Å². The van der Waals surface area contributed by atoms with E-state index >= 15 is 0 Å². The Morgan fingerprint density at radius 2 is 2.35 bits per heavy atom. The molecule has 1 aromatic heterocycles. The lowest BCUT2D eigenvalue weighted by Gasteiger charge is -2.35. The van der Waals surface area contributed by atoms with Crippen molar-refractivity contribution in [3.8, 4) is 0 Å². The van der Waals surface area contributed by atoms with Crippen LogP contribution in [0.3, 0.4) is 0 Å². The van der Waals surface area contributed by atoms with Crippen LogP contribution in [0.2, 0.25) is 0 Å². The fraction of sp³-hybridized carbons (Fsp3) is 0.643. The monoisotopic (exact) mass is 233 g/mol. The minimum absolute atomic E-state index is 0.632. The summed E-state index contributed by atoms with van der Waals surface area (Å²) in [6, 6.07) is 4.76. The molecule has 3 nitrogen and oxygen atoms in total. The molecule has 3 heteroatoms. The first-order valence-electron chi connectivity index (χ1n) is 6.49. The summed E-state index contributed by atoms with van der Waals surface area (Å²) in [5.41, 5.74) is 2.46. The predicted molar refractivity (Wildman–Crippen MR) is 70.9 cm³/mol. The van der Waals surface area contributed by atoms with Gasteiger partial charge in [-0.3, -0.25) is 4.98 Å². The Bertz CT molecular complexity index is 364. The molecule has 2 atom stereocenters. The minimum atomic E-state index is 0.632. The van der Waals surface area contributed by atoms with E-state index in [2.05, 4.69) is 42.2 Å². The quantitative estimate of drug-likeness (QED) is 0.863. The van der Waals surface area contributed by atoms with Crippen LogP contribution < -0.4 is 5.32 Å². The summed E-state index contributed by atoms with van der Waals surface area (Å²) < 4.78 is 0. The van der Waals surface area contributed by atoms with Crippen molar-refractivity contribution >= 4 is 0 Å². The van der Waals surface area contributed by atoms with E-state index in [1.54, 1.807) is 0 Å². The van der Waals surface area contributed by atoms with Crippen molar-refractivity contribution in [1.82, 2.24) is 15.2 Å². The van der Waals surface area contributed by atoms with Crippen LogP contribution in [0.15, 0.2) is 18.3 Å². The van der Waals surface area contributed by atoms with Crippen LogP contribution in [-0.4, -0.2) is 36.1 Å². The zero-order chi connectivity index (χ0) is 12.3. The van der Waals surface area contributed by atoms with Crippen molar-refractivity contribution in [2.24, 2.45) is 5.92 Å². The van der Waals surface area contributed by atoms with E-state index in [0.717, 1.165) is 12.5 Å². The molecule has 0 bridgehead atoms. The van der Waals surface area contributed by atoms with Crippen LogP contribution in [0.4, 0.5) is 0 Å². The van der Waals surface area contributed by atoms with Gasteiger partial charge in [0.25, 0.3) is 0 Å². The van der Waals surface area contributed by atoms with E-state index in [4.69, 9.17) is 0 Å². The van der Waals surface area contributed by atoms with Crippen molar-refractivity contribution in [2.75, 3.05) is 20.1 Å². The predicted octanol–water partition coefficient (Wildman–Crippen LogP) is 1.82. The average Bonchev–Trinajstić information content (AvgIpc) is 2.30. The van der Waals surface area contributed by atoms with Gasteiger partial charge in [0, 0.05) is 25.3 Å². The lowest BCUT2D eigenvalue weighted by molar-refractivity contribution is 0.174.